The van der Waals surface area contributed by atoms with Crippen molar-refractivity contribution in [3.63, 3.8) is 0 Å². The summed E-state index contributed by atoms with van der Waals surface area (Å²) in [6, 6.07) is 97.1. The van der Waals surface area contributed by atoms with Crippen molar-refractivity contribution >= 4 is 48.6 Å². The molecule has 2 aliphatic rings. The maximum absolute atomic E-state index is 2.41. The van der Waals surface area contributed by atoms with E-state index in [4.69, 9.17) is 0 Å². The third kappa shape index (κ3) is 6.09. The van der Waals surface area contributed by atoms with E-state index in [1.807, 2.05) is 11.3 Å². The number of rotatable bonds is 6. The smallest absolute Gasteiger partial charge is 0.0731 e. The van der Waals surface area contributed by atoms with Gasteiger partial charge in [-0.3, -0.25) is 0 Å². The standard InChI is InChI=1S/C67H43NS/c1-2-16-44(17-3-1)45-32-37-49(38-33-45)68(50-39-34-46(35-40-50)47-36-41-65-60(43-47)58-25-9-13-31-64(58)69-65)51-19-14-18-48(42-51)52-26-15-27-59-57-24-8-12-30-63(57)67(66(52)59)61-28-10-6-22-55(61)53-20-4-5-21-54(53)56-23-7-11-29-62(56)67/h1-43H. The van der Waals surface area contributed by atoms with Gasteiger partial charge in [-0.2, -0.15) is 0 Å². The molecule has 0 atom stereocenters. The van der Waals surface area contributed by atoms with E-state index in [2.05, 4.69) is 266 Å². The highest BCUT2D eigenvalue weighted by atomic mass is 32.1. The summed E-state index contributed by atoms with van der Waals surface area (Å²) in [5, 5.41) is 2.63. The quantitative estimate of drug-likeness (QED) is 0.161. The molecule has 0 bridgehead atoms. The largest absolute Gasteiger partial charge is 0.310 e. The second-order valence-corrected chi connectivity index (χ2v) is 19.4. The zero-order valence-corrected chi connectivity index (χ0v) is 38.5. The number of anilines is 3. The molecule has 14 rings (SSSR count). The summed E-state index contributed by atoms with van der Waals surface area (Å²) in [7, 11) is 0. The lowest BCUT2D eigenvalue weighted by Crippen LogP contribution is -2.30. The topological polar surface area (TPSA) is 3.24 Å². The Morgan fingerprint density at radius 1 is 0.261 bits per heavy atom. The van der Waals surface area contributed by atoms with Gasteiger partial charge in [0.1, 0.15) is 0 Å². The second kappa shape index (κ2) is 15.8. The van der Waals surface area contributed by atoms with Crippen LogP contribution in [0.15, 0.2) is 261 Å². The van der Waals surface area contributed by atoms with Crippen LogP contribution in [0.4, 0.5) is 17.1 Å². The normalized spacial score (nSPS) is 12.8. The molecule has 0 unspecified atom stereocenters. The minimum atomic E-state index is -0.591. The van der Waals surface area contributed by atoms with Crippen LogP contribution in [0.3, 0.4) is 0 Å². The van der Waals surface area contributed by atoms with Crippen LogP contribution in [0.25, 0.3) is 86.9 Å². The van der Waals surface area contributed by atoms with Crippen LogP contribution in [0, 0.1) is 0 Å². The van der Waals surface area contributed by atoms with E-state index in [1.165, 1.54) is 109 Å². The molecule has 0 saturated heterocycles. The zero-order valence-electron chi connectivity index (χ0n) is 37.7. The third-order valence-corrected chi connectivity index (χ3v) is 15.9. The van der Waals surface area contributed by atoms with Gasteiger partial charge in [-0.05, 0) is 144 Å². The molecule has 2 aliphatic carbocycles. The predicted molar refractivity (Wildman–Crippen MR) is 292 cm³/mol. The minimum Gasteiger partial charge on any atom is -0.310 e. The SMILES string of the molecule is c1ccc(-c2ccc(N(c3ccc(-c4ccc5sc6ccccc6c5c4)cc3)c3cccc(-c4cccc5c4C4(c6ccccc6-c6ccccc6-c6ccccc64)c4ccccc4-5)c3)cc2)cc1. The van der Waals surface area contributed by atoms with Gasteiger partial charge in [-0.1, -0.05) is 206 Å². The molecule has 0 saturated carbocycles. The molecule has 69 heavy (non-hydrogen) atoms. The van der Waals surface area contributed by atoms with Crippen molar-refractivity contribution in [3.05, 3.63) is 283 Å². The lowest BCUT2D eigenvalue weighted by atomic mass is 9.64. The Bertz CT molecular complexity index is 3890. The fourth-order valence-corrected chi connectivity index (χ4v) is 12.8. The fourth-order valence-electron chi connectivity index (χ4n) is 11.8. The Hall–Kier alpha value is -8.56. The van der Waals surface area contributed by atoms with Gasteiger partial charge >= 0.3 is 0 Å². The van der Waals surface area contributed by atoms with Gasteiger partial charge < -0.3 is 4.90 Å². The van der Waals surface area contributed by atoms with Gasteiger partial charge in [0.15, 0.2) is 0 Å². The molecule has 2 heteroatoms. The summed E-state index contributed by atoms with van der Waals surface area (Å²) >= 11 is 1.86. The molecule has 0 N–H and O–H groups in total. The van der Waals surface area contributed by atoms with Gasteiger partial charge in [0.25, 0.3) is 0 Å². The molecule has 0 amide bonds. The number of thiophene rings is 1. The molecule has 1 heterocycles. The first-order valence-corrected chi connectivity index (χ1v) is 24.6. The Balaban J connectivity index is 0.955. The molecule has 1 nitrogen and oxygen atoms in total. The van der Waals surface area contributed by atoms with Crippen LogP contribution >= 0.6 is 11.3 Å². The summed E-state index contributed by atoms with van der Waals surface area (Å²) in [6.45, 7) is 0. The summed E-state index contributed by atoms with van der Waals surface area (Å²) in [6.07, 6.45) is 0. The Morgan fingerprint density at radius 2 is 0.710 bits per heavy atom. The van der Waals surface area contributed by atoms with Gasteiger partial charge in [0.05, 0.1) is 5.41 Å². The number of nitrogens with zero attached hydrogens (tertiary/aromatic N) is 1. The molecule has 1 aromatic heterocycles. The molecule has 12 aromatic rings. The average Bonchev–Trinajstić information content (AvgIpc) is 3.92. The third-order valence-electron chi connectivity index (χ3n) is 14.7. The lowest BCUT2D eigenvalue weighted by molar-refractivity contribution is 0.777. The van der Waals surface area contributed by atoms with Crippen molar-refractivity contribution in [2.75, 3.05) is 4.90 Å². The molecular formula is C67H43NS. The molecule has 0 fully saturated rings. The van der Waals surface area contributed by atoms with Crippen molar-refractivity contribution in [2.45, 2.75) is 5.41 Å². The van der Waals surface area contributed by atoms with Crippen molar-refractivity contribution in [2.24, 2.45) is 0 Å². The van der Waals surface area contributed by atoms with Gasteiger partial charge in [0, 0.05) is 37.2 Å². The predicted octanol–water partition coefficient (Wildman–Crippen LogP) is 18.5. The van der Waals surface area contributed by atoms with Crippen LogP contribution in [-0.4, -0.2) is 0 Å². The highest BCUT2D eigenvalue weighted by molar-refractivity contribution is 7.25. The van der Waals surface area contributed by atoms with E-state index in [-0.39, 0.29) is 0 Å². The summed E-state index contributed by atoms with van der Waals surface area (Å²) < 4.78 is 2.64. The first kappa shape index (κ1) is 39.6. The first-order valence-electron chi connectivity index (χ1n) is 23.8. The van der Waals surface area contributed by atoms with Crippen LogP contribution in [0.2, 0.25) is 0 Å². The fraction of sp³-hybridized carbons (Fsp3) is 0.0149. The van der Waals surface area contributed by atoms with Gasteiger partial charge in [0.2, 0.25) is 0 Å². The summed E-state index contributed by atoms with van der Waals surface area (Å²) in [5.41, 5.74) is 22.8. The average molecular weight is 894 g/mol. The van der Waals surface area contributed by atoms with E-state index in [0.29, 0.717) is 0 Å². The number of fused-ring (bicyclic) bond motifs is 15. The number of hydrogen-bond acceptors (Lipinski definition) is 2. The minimum absolute atomic E-state index is 0.591. The van der Waals surface area contributed by atoms with Crippen molar-refractivity contribution in [1.82, 2.24) is 0 Å². The highest BCUT2D eigenvalue weighted by Crippen LogP contribution is 2.63. The lowest BCUT2D eigenvalue weighted by Gasteiger charge is -2.36. The van der Waals surface area contributed by atoms with Crippen LogP contribution in [0.1, 0.15) is 22.3 Å². The first-order chi connectivity index (χ1) is 34.2. The van der Waals surface area contributed by atoms with Crippen LogP contribution < -0.4 is 4.90 Å². The van der Waals surface area contributed by atoms with Gasteiger partial charge in [-0.15, -0.1) is 11.3 Å². The molecule has 322 valence electrons. The molecule has 11 aromatic carbocycles. The Morgan fingerprint density at radius 3 is 1.36 bits per heavy atom. The van der Waals surface area contributed by atoms with E-state index in [0.717, 1.165) is 17.1 Å². The van der Waals surface area contributed by atoms with E-state index < -0.39 is 5.41 Å². The molecule has 1 spiro atoms. The van der Waals surface area contributed by atoms with Crippen molar-refractivity contribution in [1.29, 1.82) is 0 Å². The summed E-state index contributed by atoms with van der Waals surface area (Å²) in [4.78, 5) is 2.41. The van der Waals surface area contributed by atoms with Crippen molar-refractivity contribution in [3.8, 4) is 66.8 Å². The number of benzene rings is 11. The second-order valence-electron chi connectivity index (χ2n) is 18.3. The Kier molecular flexibility index (Phi) is 9.05. The van der Waals surface area contributed by atoms with Crippen LogP contribution in [0.5, 0.6) is 0 Å². The molecular weight excluding hydrogens is 851 g/mol. The van der Waals surface area contributed by atoms with E-state index in [9.17, 15) is 0 Å². The van der Waals surface area contributed by atoms with E-state index in [1.54, 1.807) is 0 Å². The van der Waals surface area contributed by atoms with Crippen LogP contribution in [-0.2, 0) is 5.41 Å². The van der Waals surface area contributed by atoms with E-state index >= 15 is 0 Å². The highest BCUT2D eigenvalue weighted by Gasteiger charge is 2.50. The maximum Gasteiger partial charge on any atom is 0.0731 e. The van der Waals surface area contributed by atoms with Gasteiger partial charge in [-0.25, -0.2) is 0 Å². The number of hydrogen-bond donors (Lipinski definition) is 0. The monoisotopic (exact) mass is 893 g/mol. The van der Waals surface area contributed by atoms with Crippen molar-refractivity contribution < 1.29 is 0 Å². The molecule has 0 radical (unpaired) electrons. The zero-order chi connectivity index (χ0) is 45.5. The maximum atomic E-state index is 2.41. The Labute approximate surface area is 406 Å². The summed E-state index contributed by atoms with van der Waals surface area (Å²) in [5.74, 6) is 0. The molecule has 0 aliphatic heterocycles.